The number of amides is 1. The molecule has 5 heteroatoms. The molecule has 1 aromatic rings. The Balaban J connectivity index is 2.88. The topological polar surface area (TPSA) is 73.6 Å². The van der Waals surface area contributed by atoms with Crippen molar-refractivity contribution in [2.24, 2.45) is 5.73 Å². The lowest BCUT2D eigenvalue weighted by molar-refractivity contribution is -0.127. The highest BCUT2D eigenvalue weighted by molar-refractivity contribution is 5.81. The summed E-state index contributed by atoms with van der Waals surface area (Å²) in [6.45, 7) is 7.49. The lowest BCUT2D eigenvalue weighted by Crippen LogP contribution is -2.40. The van der Waals surface area contributed by atoms with Gasteiger partial charge >= 0.3 is 0 Å². The van der Waals surface area contributed by atoms with Gasteiger partial charge in [-0.05, 0) is 57.9 Å². The van der Waals surface area contributed by atoms with Gasteiger partial charge in [0.2, 0.25) is 0 Å². The second-order valence-electron chi connectivity index (χ2n) is 5.58. The van der Waals surface area contributed by atoms with Crippen LogP contribution in [0.5, 0.6) is 11.5 Å². The van der Waals surface area contributed by atoms with Gasteiger partial charge in [0, 0.05) is 12.1 Å². The quantitative estimate of drug-likeness (QED) is 0.805. The van der Waals surface area contributed by atoms with Crippen molar-refractivity contribution in [3.8, 4) is 11.5 Å². The molecule has 0 saturated carbocycles. The van der Waals surface area contributed by atoms with E-state index in [9.17, 15) is 4.79 Å². The molecule has 0 fully saturated rings. The summed E-state index contributed by atoms with van der Waals surface area (Å²) in [5.74, 6) is 1.28. The lowest BCUT2D eigenvalue weighted by atomic mass is 10.1. The molecule has 3 N–H and O–H groups in total. The van der Waals surface area contributed by atoms with Crippen LogP contribution >= 0.6 is 0 Å². The smallest absolute Gasteiger partial charge is 0.260 e. The van der Waals surface area contributed by atoms with Gasteiger partial charge in [-0.3, -0.25) is 4.79 Å². The fourth-order valence-electron chi connectivity index (χ4n) is 1.95. The SMILES string of the molecule is COc1ccc(OC(C)C(=O)NC(C)C)c(CC(C)N)c1. The van der Waals surface area contributed by atoms with Crippen molar-refractivity contribution < 1.29 is 14.3 Å². The lowest BCUT2D eigenvalue weighted by Gasteiger charge is -2.19. The maximum atomic E-state index is 11.9. The van der Waals surface area contributed by atoms with Gasteiger partial charge in [0.05, 0.1) is 7.11 Å². The first kappa shape index (κ1) is 17.3. The first-order chi connectivity index (χ1) is 9.83. The molecule has 0 heterocycles. The number of rotatable bonds is 7. The first-order valence-electron chi connectivity index (χ1n) is 7.23. The monoisotopic (exact) mass is 294 g/mol. The van der Waals surface area contributed by atoms with E-state index in [4.69, 9.17) is 15.2 Å². The summed E-state index contributed by atoms with van der Waals surface area (Å²) in [4.78, 5) is 11.9. The van der Waals surface area contributed by atoms with Gasteiger partial charge in [-0.1, -0.05) is 0 Å². The molecule has 0 spiro atoms. The summed E-state index contributed by atoms with van der Waals surface area (Å²) in [7, 11) is 1.62. The van der Waals surface area contributed by atoms with Crippen molar-refractivity contribution in [3.05, 3.63) is 23.8 Å². The van der Waals surface area contributed by atoms with Crippen LogP contribution in [0.2, 0.25) is 0 Å². The van der Waals surface area contributed by atoms with Gasteiger partial charge in [-0.2, -0.15) is 0 Å². The largest absolute Gasteiger partial charge is 0.497 e. The Morgan fingerprint density at radius 1 is 1.29 bits per heavy atom. The van der Waals surface area contributed by atoms with E-state index in [-0.39, 0.29) is 18.0 Å². The van der Waals surface area contributed by atoms with Crippen molar-refractivity contribution in [2.75, 3.05) is 7.11 Å². The number of carbonyl (C=O) groups is 1. The number of hydrogen-bond donors (Lipinski definition) is 2. The number of ether oxygens (including phenoxy) is 2. The minimum absolute atomic E-state index is 0.000692. The van der Waals surface area contributed by atoms with E-state index in [0.717, 1.165) is 11.3 Å². The molecule has 0 aliphatic rings. The minimum atomic E-state index is -0.562. The standard InChI is InChI=1S/C16H26N2O3/c1-10(2)18-16(19)12(4)21-15-7-6-14(20-5)9-13(15)8-11(3)17/h6-7,9-12H,8,17H2,1-5H3,(H,18,19). The number of nitrogens with one attached hydrogen (secondary N) is 1. The second kappa shape index (κ2) is 7.88. The average Bonchev–Trinajstić information content (AvgIpc) is 2.39. The summed E-state index contributed by atoms with van der Waals surface area (Å²) in [6.07, 6.45) is 0.0954. The number of nitrogens with two attached hydrogens (primary N) is 1. The van der Waals surface area contributed by atoms with E-state index in [1.165, 1.54) is 0 Å². The maximum Gasteiger partial charge on any atom is 0.260 e. The van der Waals surface area contributed by atoms with Gasteiger partial charge in [0.15, 0.2) is 6.10 Å². The molecule has 1 rings (SSSR count). The highest BCUT2D eigenvalue weighted by Gasteiger charge is 2.17. The third kappa shape index (κ3) is 5.63. The summed E-state index contributed by atoms with van der Waals surface area (Å²) in [6, 6.07) is 5.61. The van der Waals surface area contributed by atoms with Crippen LogP contribution in [0.15, 0.2) is 18.2 Å². The molecular formula is C16H26N2O3. The van der Waals surface area contributed by atoms with Gasteiger partial charge in [-0.15, -0.1) is 0 Å². The van der Waals surface area contributed by atoms with Crippen LogP contribution in [0.4, 0.5) is 0 Å². The number of carbonyl (C=O) groups excluding carboxylic acids is 1. The zero-order chi connectivity index (χ0) is 16.0. The van der Waals surface area contributed by atoms with E-state index in [1.807, 2.05) is 39.0 Å². The second-order valence-corrected chi connectivity index (χ2v) is 5.58. The molecule has 0 aromatic heterocycles. The molecule has 0 saturated heterocycles. The zero-order valence-corrected chi connectivity index (χ0v) is 13.5. The van der Waals surface area contributed by atoms with Crippen LogP contribution in [0.1, 0.15) is 33.3 Å². The predicted molar refractivity (Wildman–Crippen MR) is 83.7 cm³/mol. The van der Waals surface area contributed by atoms with Crippen molar-refractivity contribution in [1.82, 2.24) is 5.32 Å². The van der Waals surface area contributed by atoms with Gasteiger partial charge in [-0.25, -0.2) is 0 Å². The number of methoxy groups -OCH3 is 1. The van der Waals surface area contributed by atoms with E-state index in [1.54, 1.807) is 14.0 Å². The van der Waals surface area contributed by atoms with Crippen LogP contribution in [0.3, 0.4) is 0 Å². The van der Waals surface area contributed by atoms with Crippen molar-refractivity contribution in [1.29, 1.82) is 0 Å². The van der Waals surface area contributed by atoms with Crippen LogP contribution < -0.4 is 20.5 Å². The molecule has 0 aliphatic heterocycles. The Kier molecular flexibility index (Phi) is 6.49. The van der Waals surface area contributed by atoms with E-state index >= 15 is 0 Å². The Labute approximate surface area is 126 Å². The predicted octanol–water partition coefficient (Wildman–Crippen LogP) is 1.88. The van der Waals surface area contributed by atoms with E-state index in [2.05, 4.69) is 5.32 Å². The molecule has 0 bridgehead atoms. The van der Waals surface area contributed by atoms with Gasteiger partial charge in [0.25, 0.3) is 5.91 Å². The van der Waals surface area contributed by atoms with Crippen molar-refractivity contribution in [3.63, 3.8) is 0 Å². The Bertz CT molecular complexity index is 473. The molecule has 1 amide bonds. The molecule has 21 heavy (non-hydrogen) atoms. The van der Waals surface area contributed by atoms with Crippen LogP contribution in [-0.2, 0) is 11.2 Å². The third-order valence-electron chi connectivity index (χ3n) is 2.91. The summed E-state index contributed by atoms with van der Waals surface area (Å²) < 4.78 is 11.0. The molecule has 2 atom stereocenters. The summed E-state index contributed by atoms with van der Waals surface area (Å²) >= 11 is 0. The molecule has 0 aliphatic carbocycles. The van der Waals surface area contributed by atoms with Crippen molar-refractivity contribution >= 4 is 5.91 Å². The minimum Gasteiger partial charge on any atom is -0.497 e. The summed E-state index contributed by atoms with van der Waals surface area (Å²) in [5, 5.41) is 2.83. The molecule has 118 valence electrons. The van der Waals surface area contributed by atoms with Crippen LogP contribution in [0, 0.1) is 0 Å². The average molecular weight is 294 g/mol. The Morgan fingerprint density at radius 3 is 2.48 bits per heavy atom. The maximum absolute atomic E-state index is 11.9. The highest BCUT2D eigenvalue weighted by Crippen LogP contribution is 2.26. The third-order valence-corrected chi connectivity index (χ3v) is 2.91. The van der Waals surface area contributed by atoms with Crippen molar-refractivity contribution in [2.45, 2.75) is 52.3 Å². The Hall–Kier alpha value is -1.75. The fraction of sp³-hybridized carbons (Fsp3) is 0.562. The summed E-state index contributed by atoms with van der Waals surface area (Å²) in [5.41, 5.74) is 6.80. The molecular weight excluding hydrogens is 268 g/mol. The highest BCUT2D eigenvalue weighted by atomic mass is 16.5. The molecule has 2 unspecified atom stereocenters. The van der Waals surface area contributed by atoms with Crippen LogP contribution in [0.25, 0.3) is 0 Å². The number of benzene rings is 1. The van der Waals surface area contributed by atoms with Gasteiger partial charge in [0.1, 0.15) is 11.5 Å². The zero-order valence-electron chi connectivity index (χ0n) is 13.5. The van der Waals surface area contributed by atoms with Crippen LogP contribution in [-0.4, -0.2) is 31.2 Å². The van der Waals surface area contributed by atoms with E-state index in [0.29, 0.717) is 12.2 Å². The number of hydrogen-bond acceptors (Lipinski definition) is 4. The molecule has 5 nitrogen and oxygen atoms in total. The molecule has 1 aromatic carbocycles. The first-order valence-corrected chi connectivity index (χ1v) is 7.23. The normalized spacial score (nSPS) is 13.7. The fourth-order valence-corrected chi connectivity index (χ4v) is 1.95. The Morgan fingerprint density at radius 2 is 1.95 bits per heavy atom. The van der Waals surface area contributed by atoms with Gasteiger partial charge < -0.3 is 20.5 Å². The molecule has 0 radical (unpaired) electrons. The van der Waals surface area contributed by atoms with E-state index < -0.39 is 6.10 Å².